The lowest BCUT2D eigenvalue weighted by Crippen LogP contribution is -2.23. The number of rotatable bonds is 1. The predicted molar refractivity (Wildman–Crippen MR) is 46.7 cm³/mol. The summed E-state index contributed by atoms with van der Waals surface area (Å²) in [7, 11) is 0. The Morgan fingerprint density at radius 3 is 1.67 bits per heavy atom. The van der Waals surface area contributed by atoms with E-state index in [1.807, 2.05) is 0 Å². The van der Waals surface area contributed by atoms with Gasteiger partial charge >= 0.3 is 0 Å². The van der Waals surface area contributed by atoms with Gasteiger partial charge in [0.2, 0.25) is 17.6 Å². The van der Waals surface area contributed by atoms with Crippen LogP contribution in [0.3, 0.4) is 0 Å². The molecule has 1 N–H and O–H groups in total. The summed E-state index contributed by atoms with van der Waals surface area (Å²) in [6, 6.07) is 0. The Morgan fingerprint density at radius 2 is 1.28 bits per heavy atom. The molecule has 2 rings (SSSR count). The minimum Gasteiger partial charge on any atom is -0.296 e. The average molecular weight is 265 g/mol. The van der Waals surface area contributed by atoms with E-state index in [0.29, 0.717) is 0 Å². The van der Waals surface area contributed by atoms with E-state index in [0.717, 1.165) is 0 Å². The molecule has 0 aromatic heterocycles. The van der Waals surface area contributed by atoms with Crippen LogP contribution in [-0.4, -0.2) is 11.8 Å². The lowest BCUT2D eigenvalue weighted by molar-refractivity contribution is -0.125. The number of amides is 2. The molecule has 0 bridgehead atoms. The highest BCUT2D eigenvalue weighted by Crippen LogP contribution is 2.32. The Bertz CT molecular complexity index is 543. The van der Waals surface area contributed by atoms with Crippen LogP contribution in [0.5, 0.6) is 0 Å². The normalized spacial score (nSPS) is 19.3. The van der Waals surface area contributed by atoms with Crippen LogP contribution in [0.4, 0.5) is 22.0 Å². The number of carbonyl (C=O) groups is 2. The third kappa shape index (κ3) is 1.64. The zero-order valence-electron chi connectivity index (χ0n) is 8.49. The van der Waals surface area contributed by atoms with Gasteiger partial charge in [-0.25, -0.2) is 22.0 Å². The Kier molecular flexibility index (Phi) is 2.80. The van der Waals surface area contributed by atoms with E-state index >= 15 is 0 Å². The monoisotopic (exact) mass is 265 g/mol. The van der Waals surface area contributed by atoms with Gasteiger partial charge in [-0.1, -0.05) is 0 Å². The van der Waals surface area contributed by atoms with Gasteiger partial charge in [0.15, 0.2) is 23.3 Å². The number of imide groups is 1. The summed E-state index contributed by atoms with van der Waals surface area (Å²) in [5, 5.41) is 1.72. The van der Waals surface area contributed by atoms with Crippen molar-refractivity contribution in [1.82, 2.24) is 5.32 Å². The second-order valence-corrected chi connectivity index (χ2v) is 3.65. The zero-order valence-corrected chi connectivity index (χ0v) is 8.49. The molecule has 1 unspecified atom stereocenters. The fourth-order valence-electron chi connectivity index (χ4n) is 1.71. The summed E-state index contributed by atoms with van der Waals surface area (Å²) in [6.45, 7) is 0. The second-order valence-electron chi connectivity index (χ2n) is 3.65. The molecule has 8 heteroatoms. The summed E-state index contributed by atoms with van der Waals surface area (Å²) in [5.74, 6) is -14.4. The van der Waals surface area contributed by atoms with Gasteiger partial charge in [0, 0.05) is 12.0 Å². The molecule has 1 saturated heterocycles. The van der Waals surface area contributed by atoms with Gasteiger partial charge in [0.05, 0.1) is 5.92 Å². The number of hydrogen-bond donors (Lipinski definition) is 1. The molecule has 1 atom stereocenters. The van der Waals surface area contributed by atoms with E-state index in [1.54, 1.807) is 5.32 Å². The summed E-state index contributed by atoms with van der Waals surface area (Å²) >= 11 is 0. The van der Waals surface area contributed by atoms with E-state index in [-0.39, 0.29) is 0 Å². The van der Waals surface area contributed by atoms with Crippen molar-refractivity contribution in [2.75, 3.05) is 0 Å². The fourth-order valence-corrected chi connectivity index (χ4v) is 1.71. The highest BCUT2D eigenvalue weighted by molar-refractivity contribution is 6.06. The van der Waals surface area contributed by atoms with E-state index in [9.17, 15) is 31.5 Å². The van der Waals surface area contributed by atoms with E-state index in [1.165, 1.54) is 0 Å². The summed E-state index contributed by atoms with van der Waals surface area (Å²) in [4.78, 5) is 22.1. The maximum Gasteiger partial charge on any atom is 0.234 e. The topological polar surface area (TPSA) is 46.2 Å². The number of halogens is 5. The molecule has 0 saturated carbocycles. The minimum atomic E-state index is -2.31. The number of carbonyl (C=O) groups excluding carboxylic acids is 2. The van der Waals surface area contributed by atoms with E-state index in [4.69, 9.17) is 0 Å². The SMILES string of the molecule is O=C1CC(c2c(F)c(F)c(F)c(F)c2F)C(=O)N1. The molecule has 1 aliphatic heterocycles. The molecular formula is C10H4F5NO2. The summed E-state index contributed by atoms with van der Waals surface area (Å²) < 4.78 is 65.3. The van der Waals surface area contributed by atoms with Gasteiger partial charge in [-0.15, -0.1) is 0 Å². The van der Waals surface area contributed by atoms with Gasteiger partial charge in [-0.3, -0.25) is 14.9 Å². The van der Waals surface area contributed by atoms with Crippen LogP contribution in [0, 0.1) is 29.1 Å². The molecule has 0 spiro atoms. The fraction of sp³-hybridized carbons (Fsp3) is 0.200. The maximum absolute atomic E-state index is 13.3. The Labute approximate surface area is 96.6 Å². The molecule has 1 aromatic carbocycles. The lowest BCUT2D eigenvalue weighted by Gasteiger charge is -2.11. The van der Waals surface area contributed by atoms with Crippen LogP contribution in [0.1, 0.15) is 17.9 Å². The third-order valence-corrected chi connectivity index (χ3v) is 2.56. The number of nitrogens with one attached hydrogen (secondary N) is 1. The van der Waals surface area contributed by atoms with Crippen molar-refractivity contribution < 1.29 is 31.5 Å². The van der Waals surface area contributed by atoms with Gasteiger partial charge in [0.1, 0.15) is 0 Å². The maximum atomic E-state index is 13.3. The first-order valence-electron chi connectivity index (χ1n) is 4.69. The molecule has 0 radical (unpaired) electrons. The van der Waals surface area contributed by atoms with Crippen LogP contribution in [0.25, 0.3) is 0 Å². The Morgan fingerprint density at radius 1 is 0.833 bits per heavy atom. The molecule has 0 aliphatic carbocycles. The van der Waals surface area contributed by atoms with Crippen LogP contribution >= 0.6 is 0 Å². The van der Waals surface area contributed by atoms with Crippen molar-refractivity contribution in [1.29, 1.82) is 0 Å². The largest absolute Gasteiger partial charge is 0.296 e. The number of hydrogen-bond acceptors (Lipinski definition) is 2. The first-order chi connectivity index (χ1) is 8.34. The Balaban J connectivity index is 2.65. The van der Waals surface area contributed by atoms with Crippen molar-refractivity contribution >= 4 is 11.8 Å². The summed E-state index contributed by atoms with van der Waals surface area (Å²) in [6.07, 6.45) is -0.656. The number of benzene rings is 1. The predicted octanol–water partition coefficient (Wildman–Crippen LogP) is 1.51. The van der Waals surface area contributed by atoms with E-state index < -0.39 is 58.8 Å². The van der Waals surface area contributed by atoms with Crippen molar-refractivity contribution in [2.45, 2.75) is 12.3 Å². The molecule has 1 heterocycles. The zero-order chi connectivity index (χ0) is 13.6. The van der Waals surface area contributed by atoms with Gasteiger partial charge < -0.3 is 0 Å². The summed E-state index contributed by atoms with van der Waals surface area (Å²) in [5.41, 5.74) is -1.28. The molecule has 1 fully saturated rings. The smallest absolute Gasteiger partial charge is 0.234 e. The average Bonchev–Trinajstić information content (AvgIpc) is 2.64. The van der Waals surface area contributed by atoms with Crippen LogP contribution < -0.4 is 5.32 Å². The van der Waals surface area contributed by atoms with Gasteiger partial charge in [-0.05, 0) is 0 Å². The highest BCUT2D eigenvalue weighted by atomic mass is 19.2. The molecule has 96 valence electrons. The van der Waals surface area contributed by atoms with Gasteiger partial charge in [0.25, 0.3) is 0 Å². The van der Waals surface area contributed by atoms with Crippen LogP contribution in [-0.2, 0) is 9.59 Å². The molecule has 2 amide bonds. The van der Waals surface area contributed by atoms with Crippen molar-refractivity contribution in [3.8, 4) is 0 Å². The Hall–Kier alpha value is -1.99. The molecular weight excluding hydrogens is 261 g/mol. The quantitative estimate of drug-likeness (QED) is 0.362. The molecule has 1 aliphatic rings. The van der Waals surface area contributed by atoms with Crippen LogP contribution in [0.15, 0.2) is 0 Å². The van der Waals surface area contributed by atoms with Crippen molar-refractivity contribution in [3.63, 3.8) is 0 Å². The standard InChI is InChI=1S/C10H4F5NO2/c11-5-4(2-1-3(17)16-10(2)18)6(12)8(14)9(15)7(5)13/h2H,1H2,(H,16,17,18). The second kappa shape index (κ2) is 4.04. The van der Waals surface area contributed by atoms with Gasteiger partial charge in [-0.2, -0.15) is 0 Å². The first kappa shape index (κ1) is 12.5. The first-order valence-corrected chi connectivity index (χ1v) is 4.69. The van der Waals surface area contributed by atoms with Crippen molar-refractivity contribution in [3.05, 3.63) is 34.6 Å². The third-order valence-electron chi connectivity index (χ3n) is 2.56. The molecule has 3 nitrogen and oxygen atoms in total. The highest BCUT2D eigenvalue weighted by Gasteiger charge is 2.39. The van der Waals surface area contributed by atoms with Crippen LogP contribution in [0.2, 0.25) is 0 Å². The molecule has 1 aromatic rings. The minimum absolute atomic E-state index is 0.656. The molecule has 18 heavy (non-hydrogen) atoms. The van der Waals surface area contributed by atoms with Crippen molar-refractivity contribution in [2.24, 2.45) is 0 Å². The lowest BCUT2D eigenvalue weighted by atomic mass is 9.95. The van der Waals surface area contributed by atoms with E-state index in [2.05, 4.69) is 0 Å².